The highest BCUT2D eigenvalue weighted by molar-refractivity contribution is 6.02. The second-order valence-electron chi connectivity index (χ2n) is 3.72. The first-order valence-electron chi connectivity index (χ1n) is 5.36. The van der Waals surface area contributed by atoms with Gasteiger partial charge in [-0.15, -0.1) is 0 Å². The summed E-state index contributed by atoms with van der Waals surface area (Å²) in [5.41, 5.74) is 1.44. The maximum absolute atomic E-state index is 11.1. The van der Waals surface area contributed by atoms with Gasteiger partial charge in [0, 0.05) is 19.6 Å². The number of fused-ring (bicyclic) bond motifs is 1. The number of ether oxygens (including phenoxy) is 2. The Morgan fingerprint density at radius 3 is 2.56 bits per heavy atom. The van der Waals surface area contributed by atoms with Crippen LogP contribution in [0.2, 0.25) is 0 Å². The number of rotatable bonds is 4. The molecule has 1 aromatic carbocycles. The fourth-order valence-corrected chi connectivity index (χ4v) is 1.83. The van der Waals surface area contributed by atoms with Crippen LogP contribution in [-0.2, 0) is 9.47 Å². The number of carbonyl (C=O) groups is 1. The Hall–Kier alpha value is -1.98. The molecular formula is C13H13NO4. The first kappa shape index (κ1) is 12.5. The van der Waals surface area contributed by atoms with Crippen molar-refractivity contribution in [1.29, 1.82) is 0 Å². The molecule has 2 aromatic rings. The Balaban J connectivity index is 2.56. The zero-order valence-electron chi connectivity index (χ0n) is 10.1. The summed E-state index contributed by atoms with van der Waals surface area (Å²) in [4.78, 5) is 15.4. The van der Waals surface area contributed by atoms with Gasteiger partial charge in [0.1, 0.15) is 0 Å². The molecule has 0 fully saturated rings. The van der Waals surface area contributed by atoms with Crippen molar-refractivity contribution in [2.75, 3.05) is 14.2 Å². The molecule has 0 unspecified atom stereocenters. The standard InChI is InChI=1S/C13H13NO4/c1-17-13(18-2)11-7-6-8-9(12(15)16)4-3-5-10(8)14-11/h3-7,13H,1-2H3,(H,15,16). The molecule has 0 saturated carbocycles. The Bertz CT molecular complexity index is 578. The SMILES string of the molecule is COC(OC)c1ccc2c(C(=O)O)cccc2n1. The quantitative estimate of drug-likeness (QED) is 0.839. The summed E-state index contributed by atoms with van der Waals surface area (Å²) in [6.07, 6.45) is -0.553. The van der Waals surface area contributed by atoms with Crippen LogP contribution in [-0.4, -0.2) is 30.3 Å². The first-order valence-corrected chi connectivity index (χ1v) is 5.36. The van der Waals surface area contributed by atoms with Crippen LogP contribution >= 0.6 is 0 Å². The van der Waals surface area contributed by atoms with Gasteiger partial charge >= 0.3 is 5.97 Å². The lowest BCUT2D eigenvalue weighted by Crippen LogP contribution is -2.06. The summed E-state index contributed by atoms with van der Waals surface area (Å²) >= 11 is 0. The van der Waals surface area contributed by atoms with E-state index in [1.54, 1.807) is 30.3 Å². The monoisotopic (exact) mass is 247 g/mol. The number of carboxylic acid groups (broad SMARTS) is 1. The molecule has 0 aliphatic rings. The van der Waals surface area contributed by atoms with E-state index in [0.717, 1.165) is 0 Å². The number of hydrogen-bond donors (Lipinski definition) is 1. The summed E-state index contributed by atoms with van der Waals surface area (Å²) < 4.78 is 10.2. The van der Waals surface area contributed by atoms with Gasteiger partial charge < -0.3 is 14.6 Å². The van der Waals surface area contributed by atoms with E-state index in [1.165, 1.54) is 14.2 Å². The van der Waals surface area contributed by atoms with Crippen LogP contribution in [0.15, 0.2) is 30.3 Å². The van der Waals surface area contributed by atoms with Gasteiger partial charge in [0.05, 0.1) is 16.8 Å². The minimum Gasteiger partial charge on any atom is -0.478 e. The fraction of sp³-hybridized carbons (Fsp3) is 0.231. The molecule has 2 rings (SSSR count). The maximum Gasteiger partial charge on any atom is 0.336 e. The molecule has 0 spiro atoms. The van der Waals surface area contributed by atoms with Crippen molar-refractivity contribution >= 4 is 16.9 Å². The molecule has 1 heterocycles. The van der Waals surface area contributed by atoms with Gasteiger partial charge in [-0.1, -0.05) is 6.07 Å². The third-order valence-corrected chi connectivity index (χ3v) is 2.65. The van der Waals surface area contributed by atoms with Crippen LogP contribution in [0, 0.1) is 0 Å². The highest BCUT2D eigenvalue weighted by atomic mass is 16.7. The molecule has 94 valence electrons. The van der Waals surface area contributed by atoms with Crippen molar-refractivity contribution in [3.05, 3.63) is 41.6 Å². The molecular weight excluding hydrogens is 234 g/mol. The third kappa shape index (κ3) is 2.18. The van der Waals surface area contributed by atoms with E-state index in [2.05, 4.69) is 4.98 Å². The first-order chi connectivity index (χ1) is 8.67. The van der Waals surface area contributed by atoms with Crippen LogP contribution < -0.4 is 0 Å². The van der Waals surface area contributed by atoms with Gasteiger partial charge in [-0.05, 0) is 24.3 Å². The van der Waals surface area contributed by atoms with E-state index in [1.807, 2.05) is 0 Å². The molecule has 0 bridgehead atoms. The van der Waals surface area contributed by atoms with Gasteiger partial charge in [0.15, 0.2) is 0 Å². The van der Waals surface area contributed by atoms with Crippen molar-refractivity contribution < 1.29 is 19.4 Å². The van der Waals surface area contributed by atoms with Gasteiger partial charge in [-0.25, -0.2) is 9.78 Å². The number of carboxylic acids is 1. The molecule has 1 aromatic heterocycles. The maximum atomic E-state index is 11.1. The Labute approximate surface area is 104 Å². The van der Waals surface area contributed by atoms with Crippen LogP contribution in [0.4, 0.5) is 0 Å². The van der Waals surface area contributed by atoms with Crippen molar-refractivity contribution in [1.82, 2.24) is 4.98 Å². The van der Waals surface area contributed by atoms with Crippen molar-refractivity contribution in [2.45, 2.75) is 6.29 Å². The zero-order valence-corrected chi connectivity index (χ0v) is 10.1. The molecule has 5 nitrogen and oxygen atoms in total. The molecule has 0 aliphatic carbocycles. The summed E-state index contributed by atoms with van der Waals surface area (Å²) in [7, 11) is 3.04. The predicted octanol–water partition coefficient (Wildman–Crippen LogP) is 2.22. The van der Waals surface area contributed by atoms with Crippen LogP contribution in [0.5, 0.6) is 0 Å². The van der Waals surface area contributed by atoms with Gasteiger partial charge in [0.2, 0.25) is 6.29 Å². The summed E-state index contributed by atoms with van der Waals surface area (Å²) in [6.45, 7) is 0. The van der Waals surface area contributed by atoms with E-state index in [0.29, 0.717) is 16.6 Å². The molecule has 0 amide bonds. The molecule has 18 heavy (non-hydrogen) atoms. The van der Waals surface area contributed by atoms with Gasteiger partial charge in [0.25, 0.3) is 0 Å². The van der Waals surface area contributed by atoms with Crippen molar-refractivity contribution in [3.63, 3.8) is 0 Å². The van der Waals surface area contributed by atoms with E-state index in [9.17, 15) is 4.79 Å². The number of aromatic carboxylic acids is 1. The second kappa shape index (κ2) is 5.12. The topological polar surface area (TPSA) is 68.7 Å². The van der Waals surface area contributed by atoms with Crippen LogP contribution in [0.1, 0.15) is 22.3 Å². The zero-order chi connectivity index (χ0) is 13.1. The summed E-state index contributed by atoms with van der Waals surface area (Å²) in [5.74, 6) is -0.967. The summed E-state index contributed by atoms with van der Waals surface area (Å²) in [5, 5.41) is 9.67. The Morgan fingerprint density at radius 1 is 1.22 bits per heavy atom. The molecule has 0 aliphatic heterocycles. The average Bonchev–Trinajstić information content (AvgIpc) is 2.39. The molecule has 0 atom stereocenters. The van der Waals surface area contributed by atoms with Crippen LogP contribution in [0.25, 0.3) is 10.9 Å². The Kier molecular flexibility index (Phi) is 3.55. The molecule has 0 saturated heterocycles. The van der Waals surface area contributed by atoms with E-state index >= 15 is 0 Å². The van der Waals surface area contributed by atoms with Gasteiger partial charge in [-0.3, -0.25) is 0 Å². The normalized spacial score (nSPS) is 11.1. The van der Waals surface area contributed by atoms with E-state index in [-0.39, 0.29) is 5.56 Å². The predicted molar refractivity (Wildman–Crippen MR) is 65.5 cm³/mol. The van der Waals surface area contributed by atoms with Crippen LogP contribution in [0.3, 0.4) is 0 Å². The number of hydrogen-bond acceptors (Lipinski definition) is 4. The molecule has 5 heteroatoms. The third-order valence-electron chi connectivity index (χ3n) is 2.65. The van der Waals surface area contributed by atoms with E-state index < -0.39 is 12.3 Å². The highest BCUT2D eigenvalue weighted by Crippen LogP contribution is 2.22. The lowest BCUT2D eigenvalue weighted by Gasteiger charge is -2.13. The lowest BCUT2D eigenvalue weighted by molar-refractivity contribution is -0.108. The average molecular weight is 247 g/mol. The number of methoxy groups -OCH3 is 2. The number of benzene rings is 1. The summed E-state index contributed by atoms with van der Waals surface area (Å²) in [6, 6.07) is 8.39. The lowest BCUT2D eigenvalue weighted by atomic mass is 10.1. The second-order valence-corrected chi connectivity index (χ2v) is 3.72. The van der Waals surface area contributed by atoms with E-state index in [4.69, 9.17) is 14.6 Å². The largest absolute Gasteiger partial charge is 0.478 e. The van der Waals surface area contributed by atoms with Crippen molar-refractivity contribution in [2.24, 2.45) is 0 Å². The fourth-order valence-electron chi connectivity index (χ4n) is 1.83. The smallest absolute Gasteiger partial charge is 0.336 e. The number of pyridine rings is 1. The number of aromatic nitrogens is 1. The minimum atomic E-state index is -0.967. The highest BCUT2D eigenvalue weighted by Gasteiger charge is 2.13. The van der Waals surface area contributed by atoms with Gasteiger partial charge in [-0.2, -0.15) is 0 Å². The Morgan fingerprint density at radius 2 is 1.94 bits per heavy atom. The minimum absolute atomic E-state index is 0.234. The molecule has 0 radical (unpaired) electrons. The number of nitrogens with zero attached hydrogens (tertiary/aromatic N) is 1. The molecule has 1 N–H and O–H groups in total. The van der Waals surface area contributed by atoms with Crippen molar-refractivity contribution in [3.8, 4) is 0 Å².